The van der Waals surface area contributed by atoms with Gasteiger partial charge in [-0.05, 0) is 24.6 Å². The van der Waals surface area contributed by atoms with Crippen LogP contribution < -0.4 is 0 Å². The number of benzene rings is 1. The molecule has 0 fully saturated rings. The fraction of sp³-hybridized carbons (Fsp3) is 0.182. The second-order valence-corrected chi connectivity index (χ2v) is 3.81. The van der Waals surface area contributed by atoms with Crippen LogP contribution in [0.25, 0.3) is 10.9 Å². The second-order valence-electron chi connectivity index (χ2n) is 3.37. The average molecular weight is 224 g/mol. The molecule has 2 N–H and O–H groups in total. The zero-order chi connectivity index (χ0) is 11.0. The number of carboxylic acids is 1. The van der Waals surface area contributed by atoms with E-state index in [0.717, 1.165) is 17.5 Å². The fourth-order valence-corrected chi connectivity index (χ4v) is 1.85. The lowest BCUT2D eigenvalue weighted by Gasteiger charge is -1.98. The third-order valence-electron chi connectivity index (χ3n) is 2.36. The van der Waals surface area contributed by atoms with Gasteiger partial charge in [-0.25, -0.2) is 4.79 Å². The lowest BCUT2D eigenvalue weighted by Crippen LogP contribution is -1.97. The minimum atomic E-state index is -0.966. The number of fused-ring (bicyclic) bond motifs is 1. The van der Waals surface area contributed by atoms with Crippen molar-refractivity contribution in [3.8, 4) is 0 Å². The molecule has 78 valence electrons. The molecule has 0 aliphatic carbocycles. The zero-order valence-electron chi connectivity index (χ0n) is 8.17. The van der Waals surface area contributed by atoms with Crippen LogP contribution in [-0.4, -0.2) is 16.1 Å². The van der Waals surface area contributed by atoms with Gasteiger partial charge in [0.2, 0.25) is 0 Å². The van der Waals surface area contributed by atoms with Crippen LogP contribution in [0.1, 0.15) is 23.0 Å². The Kier molecular flexibility index (Phi) is 2.40. The Bertz CT molecular complexity index is 531. The highest BCUT2D eigenvalue weighted by Crippen LogP contribution is 2.24. The summed E-state index contributed by atoms with van der Waals surface area (Å²) in [5, 5.41) is 10.3. The van der Waals surface area contributed by atoms with Crippen LogP contribution in [0.2, 0.25) is 5.02 Å². The number of H-pyrrole nitrogens is 1. The molecule has 2 aromatic rings. The number of aromatic nitrogens is 1. The zero-order valence-corrected chi connectivity index (χ0v) is 8.93. The summed E-state index contributed by atoms with van der Waals surface area (Å²) in [5.41, 5.74) is 1.87. The maximum Gasteiger partial charge on any atom is 0.337 e. The van der Waals surface area contributed by atoms with Crippen LogP contribution in [0, 0.1) is 0 Å². The van der Waals surface area contributed by atoms with Gasteiger partial charge in [-0.2, -0.15) is 0 Å². The molecule has 3 nitrogen and oxygen atoms in total. The van der Waals surface area contributed by atoms with Crippen molar-refractivity contribution in [2.75, 3.05) is 0 Å². The third-order valence-corrected chi connectivity index (χ3v) is 2.58. The number of nitrogens with one attached hydrogen (secondary N) is 1. The van der Waals surface area contributed by atoms with Gasteiger partial charge in [-0.3, -0.25) is 0 Å². The van der Waals surface area contributed by atoms with Crippen molar-refractivity contribution >= 4 is 28.5 Å². The van der Waals surface area contributed by atoms with E-state index in [4.69, 9.17) is 16.7 Å². The Morgan fingerprint density at radius 2 is 2.20 bits per heavy atom. The molecule has 0 unspecified atom stereocenters. The predicted octanol–water partition coefficient (Wildman–Crippen LogP) is 3.08. The second kappa shape index (κ2) is 3.59. The first-order valence-electron chi connectivity index (χ1n) is 4.66. The number of carboxylic acid groups (broad SMARTS) is 1. The minimum Gasteiger partial charge on any atom is -0.478 e. The molecule has 0 aliphatic rings. The van der Waals surface area contributed by atoms with Crippen LogP contribution in [-0.2, 0) is 6.42 Å². The van der Waals surface area contributed by atoms with Gasteiger partial charge < -0.3 is 10.1 Å². The summed E-state index contributed by atoms with van der Waals surface area (Å²) in [4.78, 5) is 14.1. The monoisotopic (exact) mass is 223 g/mol. The van der Waals surface area contributed by atoms with E-state index in [1.165, 1.54) is 6.07 Å². The van der Waals surface area contributed by atoms with Gasteiger partial charge in [0.15, 0.2) is 0 Å². The highest BCUT2D eigenvalue weighted by atomic mass is 35.5. The average Bonchev–Trinajstić information content (AvgIpc) is 2.58. The Morgan fingerprint density at radius 3 is 2.80 bits per heavy atom. The van der Waals surface area contributed by atoms with Crippen LogP contribution in [0.4, 0.5) is 0 Å². The standard InChI is InChI=1S/C11H10ClNO2/c1-2-8-4-6-3-7(12)5-9(11(14)15)10(6)13-8/h3-5,13H,2H2,1H3,(H,14,15). The first kappa shape index (κ1) is 10.1. The first-order valence-corrected chi connectivity index (χ1v) is 5.04. The number of hydrogen-bond acceptors (Lipinski definition) is 1. The van der Waals surface area contributed by atoms with E-state index in [2.05, 4.69) is 4.98 Å². The van der Waals surface area contributed by atoms with E-state index in [-0.39, 0.29) is 5.56 Å². The summed E-state index contributed by atoms with van der Waals surface area (Å²) >= 11 is 5.84. The number of rotatable bonds is 2. The maximum absolute atomic E-state index is 11.0. The molecule has 0 atom stereocenters. The molecule has 0 aliphatic heterocycles. The summed E-state index contributed by atoms with van der Waals surface area (Å²) < 4.78 is 0. The van der Waals surface area contributed by atoms with E-state index >= 15 is 0 Å². The van der Waals surface area contributed by atoms with Gasteiger partial charge in [0, 0.05) is 16.1 Å². The van der Waals surface area contributed by atoms with E-state index in [9.17, 15) is 4.79 Å². The predicted molar refractivity (Wildman–Crippen MR) is 59.6 cm³/mol. The highest BCUT2D eigenvalue weighted by molar-refractivity contribution is 6.32. The molecule has 1 aromatic heterocycles. The van der Waals surface area contributed by atoms with Crippen LogP contribution in [0.15, 0.2) is 18.2 Å². The van der Waals surface area contributed by atoms with E-state index in [0.29, 0.717) is 10.5 Å². The molecule has 2 rings (SSSR count). The molecule has 0 radical (unpaired) electrons. The Balaban J connectivity index is 2.77. The van der Waals surface area contributed by atoms with Crippen LogP contribution in [0.5, 0.6) is 0 Å². The van der Waals surface area contributed by atoms with Crippen molar-refractivity contribution in [2.45, 2.75) is 13.3 Å². The molecule has 0 saturated heterocycles. The molecular weight excluding hydrogens is 214 g/mol. The van der Waals surface area contributed by atoms with E-state index in [1.54, 1.807) is 6.07 Å². The minimum absolute atomic E-state index is 0.220. The van der Waals surface area contributed by atoms with E-state index < -0.39 is 5.97 Å². The molecule has 0 spiro atoms. The van der Waals surface area contributed by atoms with Crippen molar-refractivity contribution in [2.24, 2.45) is 0 Å². The molecule has 0 amide bonds. The quantitative estimate of drug-likeness (QED) is 0.822. The largest absolute Gasteiger partial charge is 0.478 e. The van der Waals surface area contributed by atoms with Crippen molar-refractivity contribution in [3.05, 3.63) is 34.5 Å². The SMILES string of the molecule is CCc1cc2cc(Cl)cc(C(=O)O)c2[nH]1. The van der Waals surface area contributed by atoms with Crippen LogP contribution >= 0.6 is 11.6 Å². The van der Waals surface area contributed by atoms with Crippen molar-refractivity contribution < 1.29 is 9.90 Å². The van der Waals surface area contributed by atoms with Gasteiger partial charge in [0.05, 0.1) is 11.1 Å². The number of hydrogen-bond donors (Lipinski definition) is 2. The van der Waals surface area contributed by atoms with Gasteiger partial charge in [0.1, 0.15) is 0 Å². The Labute approximate surface area is 91.7 Å². The normalized spacial score (nSPS) is 10.8. The number of carbonyl (C=O) groups is 1. The van der Waals surface area contributed by atoms with Crippen LogP contribution in [0.3, 0.4) is 0 Å². The smallest absolute Gasteiger partial charge is 0.337 e. The lowest BCUT2D eigenvalue weighted by molar-refractivity contribution is 0.0699. The fourth-order valence-electron chi connectivity index (χ4n) is 1.62. The van der Waals surface area contributed by atoms with E-state index in [1.807, 2.05) is 13.0 Å². The summed E-state index contributed by atoms with van der Waals surface area (Å²) in [6.45, 7) is 2.01. The first-order chi connectivity index (χ1) is 7.11. The summed E-state index contributed by atoms with van der Waals surface area (Å²) in [5.74, 6) is -0.966. The lowest BCUT2D eigenvalue weighted by atomic mass is 10.1. The summed E-state index contributed by atoms with van der Waals surface area (Å²) in [6, 6.07) is 5.15. The molecule has 0 saturated carbocycles. The van der Waals surface area contributed by atoms with Gasteiger partial charge in [-0.1, -0.05) is 18.5 Å². The van der Waals surface area contributed by atoms with Crippen molar-refractivity contribution in [1.82, 2.24) is 4.98 Å². The van der Waals surface area contributed by atoms with Crippen molar-refractivity contribution in [3.63, 3.8) is 0 Å². The van der Waals surface area contributed by atoms with Gasteiger partial charge in [0.25, 0.3) is 0 Å². The van der Waals surface area contributed by atoms with Gasteiger partial charge in [-0.15, -0.1) is 0 Å². The number of aromatic carboxylic acids is 1. The highest BCUT2D eigenvalue weighted by Gasteiger charge is 2.12. The molecule has 15 heavy (non-hydrogen) atoms. The molecule has 1 heterocycles. The van der Waals surface area contributed by atoms with Gasteiger partial charge >= 0.3 is 5.97 Å². The Morgan fingerprint density at radius 1 is 1.47 bits per heavy atom. The molecule has 1 aromatic carbocycles. The summed E-state index contributed by atoms with van der Waals surface area (Å²) in [7, 11) is 0. The third kappa shape index (κ3) is 1.70. The molecule has 0 bridgehead atoms. The topological polar surface area (TPSA) is 53.1 Å². The molecule has 4 heteroatoms. The Hall–Kier alpha value is -1.48. The summed E-state index contributed by atoms with van der Waals surface area (Å²) in [6.07, 6.45) is 0.839. The number of aryl methyl sites for hydroxylation is 1. The number of aromatic amines is 1. The van der Waals surface area contributed by atoms with Crippen molar-refractivity contribution in [1.29, 1.82) is 0 Å². The molecular formula is C11H10ClNO2. The number of halogens is 1. The maximum atomic E-state index is 11.0.